The summed E-state index contributed by atoms with van der Waals surface area (Å²) in [6.45, 7) is 2.17. The average Bonchev–Trinajstić information content (AvgIpc) is 3.16. The molecule has 1 fully saturated rings. The lowest BCUT2D eigenvalue weighted by molar-refractivity contribution is 0.0903. The lowest BCUT2D eigenvalue weighted by Gasteiger charge is -2.28. The Morgan fingerprint density at radius 1 is 1.42 bits per heavy atom. The van der Waals surface area contributed by atoms with Crippen molar-refractivity contribution < 1.29 is 9.47 Å². The quantitative estimate of drug-likeness (QED) is 0.747. The summed E-state index contributed by atoms with van der Waals surface area (Å²) in [6, 6.07) is 11.4. The topological polar surface area (TPSA) is 46.6 Å². The number of hydrogen-bond donors (Lipinski definition) is 1. The van der Waals surface area contributed by atoms with Gasteiger partial charge in [0.05, 0.1) is 30.5 Å². The molecule has 1 aromatic carbocycles. The standard InChI is InChI=1S/C19H22ClN3O2S/c1-24-18-11-14(7-8-17(18)20)22-19(26)23(13-16-6-4-10-25-16)12-15-5-2-3-9-21-15/h2-3,5,7-9,11,16H,4,6,10,12-13H2,1H3,(H,22,26)/t16-/m0/s1. The van der Waals surface area contributed by atoms with Gasteiger partial charge in [-0.2, -0.15) is 0 Å². The van der Waals surface area contributed by atoms with Crippen LogP contribution in [0.2, 0.25) is 5.02 Å². The van der Waals surface area contributed by atoms with Crippen molar-refractivity contribution in [2.75, 3.05) is 25.6 Å². The van der Waals surface area contributed by atoms with Crippen molar-refractivity contribution in [3.8, 4) is 5.75 Å². The lowest BCUT2D eigenvalue weighted by atomic mass is 10.2. The highest BCUT2D eigenvalue weighted by Gasteiger charge is 2.21. The maximum Gasteiger partial charge on any atom is 0.173 e. The molecule has 1 aliphatic rings. The number of ether oxygens (including phenoxy) is 2. The van der Waals surface area contributed by atoms with Gasteiger partial charge in [0, 0.05) is 31.1 Å². The second-order valence-electron chi connectivity index (χ2n) is 6.12. The zero-order valence-electron chi connectivity index (χ0n) is 14.7. The van der Waals surface area contributed by atoms with Crippen LogP contribution in [0.3, 0.4) is 0 Å². The van der Waals surface area contributed by atoms with E-state index in [1.54, 1.807) is 19.4 Å². The second-order valence-corrected chi connectivity index (χ2v) is 6.91. The molecular formula is C19H22ClN3O2S. The number of halogens is 1. The van der Waals surface area contributed by atoms with E-state index in [1.807, 2.05) is 30.3 Å². The number of nitrogens with one attached hydrogen (secondary N) is 1. The Balaban J connectivity index is 1.72. The normalized spacial score (nSPS) is 16.3. The van der Waals surface area contributed by atoms with E-state index in [0.717, 1.165) is 37.4 Å². The van der Waals surface area contributed by atoms with Crippen LogP contribution in [0.5, 0.6) is 5.75 Å². The number of nitrogens with zero attached hydrogens (tertiary/aromatic N) is 2. The van der Waals surface area contributed by atoms with E-state index in [-0.39, 0.29) is 6.10 Å². The van der Waals surface area contributed by atoms with Gasteiger partial charge in [-0.05, 0) is 49.3 Å². The fourth-order valence-corrected chi connectivity index (χ4v) is 3.33. The first-order chi connectivity index (χ1) is 12.7. The molecule has 7 heteroatoms. The summed E-state index contributed by atoms with van der Waals surface area (Å²) in [5.41, 5.74) is 1.79. The number of pyridine rings is 1. The maximum atomic E-state index is 6.10. The van der Waals surface area contributed by atoms with E-state index in [0.29, 0.717) is 22.4 Å². The molecule has 0 amide bonds. The Bertz CT molecular complexity index is 739. The monoisotopic (exact) mass is 391 g/mol. The number of methoxy groups -OCH3 is 1. The molecule has 1 saturated heterocycles. The van der Waals surface area contributed by atoms with Crippen LogP contribution in [-0.2, 0) is 11.3 Å². The molecule has 1 N–H and O–H groups in total. The molecule has 2 aromatic rings. The highest BCUT2D eigenvalue weighted by atomic mass is 35.5. The maximum absolute atomic E-state index is 6.10. The summed E-state index contributed by atoms with van der Waals surface area (Å²) >= 11 is 11.8. The van der Waals surface area contributed by atoms with Gasteiger partial charge in [0.15, 0.2) is 5.11 Å². The first kappa shape index (κ1) is 18.9. The van der Waals surface area contributed by atoms with Gasteiger partial charge in [-0.1, -0.05) is 17.7 Å². The van der Waals surface area contributed by atoms with Crippen LogP contribution in [0.15, 0.2) is 42.6 Å². The smallest absolute Gasteiger partial charge is 0.173 e. The van der Waals surface area contributed by atoms with Crippen LogP contribution >= 0.6 is 23.8 Å². The summed E-state index contributed by atoms with van der Waals surface area (Å²) in [6.07, 6.45) is 4.13. The van der Waals surface area contributed by atoms with Crippen molar-refractivity contribution in [3.05, 3.63) is 53.3 Å². The van der Waals surface area contributed by atoms with Crippen LogP contribution in [0, 0.1) is 0 Å². The molecule has 0 spiro atoms. The van der Waals surface area contributed by atoms with Crippen LogP contribution in [-0.4, -0.2) is 41.4 Å². The first-order valence-corrected chi connectivity index (χ1v) is 9.35. The average molecular weight is 392 g/mol. The minimum atomic E-state index is 0.193. The van der Waals surface area contributed by atoms with E-state index in [9.17, 15) is 0 Å². The molecule has 0 aliphatic carbocycles. The summed E-state index contributed by atoms with van der Waals surface area (Å²) in [5, 5.41) is 4.46. The molecule has 0 saturated carbocycles. The molecule has 0 radical (unpaired) electrons. The number of rotatable bonds is 6. The van der Waals surface area contributed by atoms with Crippen molar-refractivity contribution in [1.82, 2.24) is 9.88 Å². The van der Waals surface area contributed by atoms with E-state index in [1.165, 1.54) is 0 Å². The second kappa shape index (κ2) is 9.16. The molecular weight excluding hydrogens is 370 g/mol. The third kappa shape index (κ3) is 5.06. The predicted molar refractivity (Wildman–Crippen MR) is 108 cm³/mol. The highest BCUT2D eigenvalue weighted by molar-refractivity contribution is 7.80. The van der Waals surface area contributed by atoms with Crippen LogP contribution in [0.4, 0.5) is 5.69 Å². The van der Waals surface area contributed by atoms with Gasteiger partial charge in [0.1, 0.15) is 5.75 Å². The van der Waals surface area contributed by atoms with Gasteiger partial charge < -0.3 is 19.7 Å². The van der Waals surface area contributed by atoms with Crippen LogP contribution < -0.4 is 10.1 Å². The fourth-order valence-electron chi connectivity index (χ4n) is 2.88. The lowest BCUT2D eigenvalue weighted by Crippen LogP contribution is -2.39. The molecule has 0 unspecified atom stereocenters. The van der Waals surface area contributed by atoms with Gasteiger partial charge in [-0.25, -0.2) is 0 Å². The Kier molecular flexibility index (Phi) is 6.66. The van der Waals surface area contributed by atoms with Crippen LogP contribution in [0.1, 0.15) is 18.5 Å². The van der Waals surface area contributed by atoms with Gasteiger partial charge in [0.2, 0.25) is 0 Å². The minimum absolute atomic E-state index is 0.193. The highest BCUT2D eigenvalue weighted by Crippen LogP contribution is 2.27. The number of hydrogen-bond acceptors (Lipinski definition) is 4. The SMILES string of the molecule is COc1cc(NC(=S)N(Cc2ccccn2)C[C@@H]2CCCO2)ccc1Cl. The molecule has 0 bridgehead atoms. The number of benzene rings is 1. The molecule has 2 heterocycles. The molecule has 3 rings (SSSR count). The number of anilines is 1. The zero-order valence-corrected chi connectivity index (χ0v) is 16.2. The first-order valence-electron chi connectivity index (χ1n) is 8.56. The molecule has 26 heavy (non-hydrogen) atoms. The van der Waals surface area contributed by atoms with Crippen LogP contribution in [0.25, 0.3) is 0 Å². The predicted octanol–water partition coefficient (Wildman–Crippen LogP) is 4.12. The third-order valence-electron chi connectivity index (χ3n) is 4.22. The van der Waals surface area contributed by atoms with E-state index in [2.05, 4.69) is 15.2 Å². The fraction of sp³-hybridized carbons (Fsp3) is 0.368. The van der Waals surface area contributed by atoms with Gasteiger partial charge in [-0.15, -0.1) is 0 Å². The summed E-state index contributed by atoms with van der Waals surface area (Å²) in [7, 11) is 1.59. The number of thiocarbonyl (C=S) groups is 1. The van der Waals surface area contributed by atoms with E-state index >= 15 is 0 Å². The summed E-state index contributed by atoms with van der Waals surface area (Å²) in [4.78, 5) is 6.51. The van der Waals surface area contributed by atoms with Crippen molar-refractivity contribution in [1.29, 1.82) is 0 Å². The van der Waals surface area contributed by atoms with Crippen molar-refractivity contribution in [3.63, 3.8) is 0 Å². The largest absolute Gasteiger partial charge is 0.495 e. The minimum Gasteiger partial charge on any atom is -0.495 e. The van der Waals surface area contributed by atoms with Gasteiger partial charge >= 0.3 is 0 Å². The third-order valence-corrected chi connectivity index (χ3v) is 4.89. The van der Waals surface area contributed by atoms with Crippen molar-refractivity contribution >= 4 is 34.6 Å². The Morgan fingerprint density at radius 3 is 3.00 bits per heavy atom. The molecule has 1 atom stereocenters. The molecule has 5 nitrogen and oxygen atoms in total. The van der Waals surface area contributed by atoms with E-state index in [4.69, 9.17) is 33.3 Å². The van der Waals surface area contributed by atoms with Gasteiger partial charge in [0.25, 0.3) is 0 Å². The Hall–Kier alpha value is -1.89. The zero-order chi connectivity index (χ0) is 18.4. The van der Waals surface area contributed by atoms with Gasteiger partial charge in [-0.3, -0.25) is 4.98 Å². The molecule has 1 aliphatic heterocycles. The van der Waals surface area contributed by atoms with Crippen molar-refractivity contribution in [2.45, 2.75) is 25.5 Å². The Morgan fingerprint density at radius 2 is 2.31 bits per heavy atom. The Labute approximate surface area is 164 Å². The summed E-state index contributed by atoms with van der Waals surface area (Å²) < 4.78 is 11.1. The molecule has 138 valence electrons. The summed E-state index contributed by atoms with van der Waals surface area (Å²) in [5.74, 6) is 0.606. The van der Waals surface area contributed by atoms with E-state index < -0.39 is 0 Å². The number of aromatic nitrogens is 1. The molecule has 1 aromatic heterocycles. The van der Waals surface area contributed by atoms with Crippen molar-refractivity contribution in [2.24, 2.45) is 0 Å².